The number of benzene rings is 1. The molecule has 1 aromatic carbocycles. The minimum atomic E-state index is -0.379. The lowest BCUT2D eigenvalue weighted by Gasteiger charge is -2.10. The van der Waals surface area contributed by atoms with E-state index in [4.69, 9.17) is 11.6 Å². The van der Waals surface area contributed by atoms with Crippen molar-refractivity contribution in [3.05, 3.63) is 29.0 Å². The summed E-state index contributed by atoms with van der Waals surface area (Å²) in [7, 11) is 4.07. The quantitative estimate of drug-likeness (QED) is 0.783. The molecule has 0 aliphatic rings. The van der Waals surface area contributed by atoms with Gasteiger partial charge in [0.05, 0.1) is 5.02 Å². The molecular formula is C11H16ClFN2. The van der Waals surface area contributed by atoms with Gasteiger partial charge in [-0.25, -0.2) is 4.39 Å². The largest absolute Gasteiger partial charge is 0.385 e. The maximum absolute atomic E-state index is 12.8. The Kier molecular flexibility index (Phi) is 4.85. The number of hydrogen-bond donors (Lipinski definition) is 1. The van der Waals surface area contributed by atoms with Crippen LogP contribution in [0.2, 0.25) is 5.02 Å². The topological polar surface area (TPSA) is 15.3 Å². The van der Waals surface area contributed by atoms with Crippen LogP contribution in [0.15, 0.2) is 18.2 Å². The second-order valence-corrected chi connectivity index (χ2v) is 4.12. The summed E-state index contributed by atoms with van der Waals surface area (Å²) in [6, 6.07) is 4.67. The fourth-order valence-corrected chi connectivity index (χ4v) is 1.41. The first kappa shape index (κ1) is 12.3. The molecule has 0 atom stereocenters. The molecule has 0 aliphatic carbocycles. The summed E-state index contributed by atoms with van der Waals surface area (Å²) >= 11 is 5.65. The molecule has 0 amide bonds. The molecule has 0 spiro atoms. The fraction of sp³-hybridized carbons (Fsp3) is 0.455. The summed E-state index contributed by atoms with van der Waals surface area (Å²) in [5.74, 6) is -0.379. The van der Waals surface area contributed by atoms with Crippen LogP contribution in [0.25, 0.3) is 0 Å². The van der Waals surface area contributed by atoms with Gasteiger partial charge in [0.2, 0.25) is 0 Å². The molecule has 0 bridgehead atoms. The Hall–Kier alpha value is -0.800. The van der Waals surface area contributed by atoms with Crippen molar-refractivity contribution in [1.82, 2.24) is 4.90 Å². The summed E-state index contributed by atoms with van der Waals surface area (Å²) in [4.78, 5) is 2.12. The highest BCUT2D eigenvalue weighted by atomic mass is 35.5. The van der Waals surface area contributed by atoms with Gasteiger partial charge in [-0.15, -0.1) is 0 Å². The van der Waals surface area contributed by atoms with Gasteiger partial charge in [-0.3, -0.25) is 0 Å². The highest BCUT2D eigenvalue weighted by molar-refractivity contribution is 6.31. The fourth-order valence-electron chi connectivity index (χ4n) is 1.23. The average Bonchev–Trinajstić information content (AvgIpc) is 2.18. The zero-order valence-electron chi connectivity index (χ0n) is 9.06. The summed E-state index contributed by atoms with van der Waals surface area (Å²) in [6.45, 7) is 1.89. The normalized spacial score (nSPS) is 10.7. The third kappa shape index (κ3) is 4.49. The number of nitrogens with zero attached hydrogens (tertiary/aromatic N) is 1. The minimum Gasteiger partial charge on any atom is -0.385 e. The van der Waals surface area contributed by atoms with Crippen molar-refractivity contribution < 1.29 is 4.39 Å². The summed E-state index contributed by atoms with van der Waals surface area (Å²) in [5, 5.41) is 3.35. The van der Waals surface area contributed by atoms with Crippen molar-refractivity contribution in [2.75, 3.05) is 32.5 Å². The Morgan fingerprint density at radius 3 is 2.73 bits per heavy atom. The highest BCUT2D eigenvalue weighted by Gasteiger charge is 1.99. The lowest BCUT2D eigenvalue weighted by Crippen LogP contribution is -2.16. The third-order valence-corrected chi connectivity index (χ3v) is 2.32. The molecule has 0 saturated heterocycles. The van der Waals surface area contributed by atoms with E-state index in [1.807, 2.05) is 14.1 Å². The van der Waals surface area contributed by atoms with Crippen molar-refractivity contribution in [2.24, 2.45) is 0 Å². The van der Waals surface area contributed by atoms with E-state index in [9.17, 15) is 4.39 Å². The van der Waals surface area contributed by atoms with E-state index < -0.39 is 0 Å². The molecule has 15 heavy (non-hydrogen) atoms. The van der Waals surface area contributed by atoms with E-state index in [-0.39, 0.29) is 10.8 Å². The SMILES string of the molecule is CN(C)CCCNc1ccc(F)c(Cl)c1. The zero-order valence-corrected chi connectivity index (χ0v) is 9.81. The average molecular weight is 231 g/mol. The Balaban J connectivity index is 2.35. The second-order valence-electron chi connectivity index (χ2n) is 3.71. The van der Waals surface area contributed by atoms with Gasteiger partial charge in [0.15, 0.2) is 0 Å². The third-order valence-electron chi connectivity index (χ3n) is 2.03. The Morgan fingerprint density at radius 1 is 1.40 bits per heavy atom. The van der Waals surface area contributed by atoms with E-state index in [2.05, 4.69) is 10.2 Å². The van der Waals surface area contributed by atoms with Gasteiger partial charge in [0.25, 0.3) is 0 Å². The number of halogens is 2. The molecule has 1 rings (SSSR count). The van der Waals surface area contributed by atoms with Gasteiger partial charge in [0.1, 0.15) is 5.82 Å². The van der Waals surface area contributed by atoms with Gasteiger partial charge in [-0.2, -0.15) is 0 Å². The van der Waals surface area contributed by atoms with Crippen LogP contribution >= 0.6 is 11.6 Å². The van der Waals surface area contributed by atoms with E-state index in [0.29, 0.717) is 0 Å². The summed E-state index contributed by atoms with van der Waals surface area (Å²) in [5.41, 5.74) is 0.861. The van der Waals surface area contributed by atoms with E-state index in [1.54, 1.807) is 12.1 Å². The molecule has 0 aromatic heterocycles. The molecule has 0 saturated carbocycles. The molecular weight excluding hydrogens is 215 g/mol. The van der Waals surface area contributed by atoms with Crippen LogP contribution in [0.1, 0.15) is 6.42 Å². The van der Waals surface area contributed by atoms with E-state index in [0.717, 1.165) is 25.2 Å². The lowest BCUT2D eigenvalue weighted by molar-refractivity contribution is 0.405. The first-order valence-electron chi connectivity index (χ1n) is 4.93. The number of hydrogen-bond acceptors (Lipinski definition) is 2. The van der Waals surface area contributed by atoms with Gasteiger partial charge in [0, 0.05) is 12.2 Å². The van der Waals surface area contributed by atoms with Crippen LogP contribution in [0.4, 0.5) is 10.1 Å². The van der Waals surface area contributed by atoms with E-state index >= 15 is 0 Å². The van der Waals surface area contributed by atoms with Crippen LogP contribution in [0.3, 0.4) is 0 Å². The molecule has 0 unspecified atom stereocenters. The van der Waals surface area contributed by atoms with Crippen LogP contribution in [0, 0.1) is 5.82 Å². The van der Waals surface area contributed by atoms with Crippen molar-refractivity contribution in [3.8, 4) is 0 Å². The predicted octanol–water partition coefficient (Wildman–Crippen LogP) is 2.84. The van der Waals surface area contributed by atoms with Crippen LogP contribution in [-0.4, -0.2) is 32.1 Å². The van der Waals surface area contributed by atoms with Crippen molar-refractivity contribution in [2.45, 2.75) is 6.42 Å². The van der Waals surface area contributed by atoms with Crippen molar-refractivity contribution in [3.63, 3.8) is 0 Å². The number of anilines is 1. The van der Waals surface area contributed by atoms with Crippen molar-refractivity contribution in [1.29, 1.82) is 0 Å². The van der Waals surface area contributed by atoms with Crippen LogP contribution in [-0.2, 0) is 0 Å². The molecule has 0 radical (unpaired) electrons. The van der Waals surface area contributed by atoms with Gasteiger partial charge >= 0.3 is 0 Å². The Labute approximate surface area is 95.0 Å². The molecule has 1 N–H and O–H groups in total. The predicted molar refractivity (Wildman–Crippen MR) is 63.1 cm³/mol. The maximum atomic E-state index is 12.8. The molecule has 4 heteroatoms. The van der Waals surface area contributed by atoms with Crippen molar-refractivity contribution >= 4 is 17.3 Å². The number of nitrogens with one attached hydrogen (secondary N) is 1. The molecule has 2 nitrogen and oxygen atoms in total. The molecule has 1 aromatic rings. The smallest absolute Gasteiger partial charge is 0.141 e. The maximum Gasteiger partial charge on any atom is 0.141 e. The van der Waals surface area contributed by atoms with Gasteiger partial charge < -0.3 is 10.2 Å². The first-order chi connectivity index (χ1) is 7.09. The first-order valence-corrected chi connectivity index (χ1v) is 5.31. The monoisotopic (exact) mass is 230 g/mol. The highest BCUT2D eigenvalue weighted by Crippen LogP contribution is 2.19. The minimum absolute atomic E-state index is 0.160. The number of rotatable bonds is 5. The molecule has 84 valence electrons. The van der Waals surface area contributed by atoms with Crippen LogP contribution < -0.4 is 5.32 Å². The summed E-state index contributed by atoms with van der Waals surface area (Å²) in [6.07, 6.45) is 1.04. The van der Waals surface area contributed by atoms with Gasteiger partial charge in [-0.05, 0) is 45.3 Å². The second kappa shape index (κ2) is 5.93. The lowest BCUT2D eigenvalue weighted by atomic mass is 10.3. The molecule has 0 heterocycles. The van der Waals surface area contributed by atoms with Crippen LogP contribution in [0.5, 0.6) is 0 Å². The Bertz CT molecular complexity index is 315. The van der Waals surface area contributed by atoms with Gasteiger partial charge in [-0.1, -0.05) is 11.6 Å². The summed E-state index contributed by atoms with van der Waals surface area (Å²) < 4.78 is 12.8. The standard InChI is InChI=1S/C11H16ClFN2/c1-15(2)7-3-6-14-9-4-5-11(13)10(12)8-9/h4-5,8,14H,3,6-7H2,1-2H3. The zero-order chi connectivity index (χ0) is 11.3. The van der Waals surface area contributed by atoms with E-state index in [1.165, 1.54) is 6.07 Å². The Morgan fingerprint density at radius 2 is 2.13 bits per heavy atom. The molecule has 0 aliphatic heterocycles. The molecule has 0 fully saturated rings.